The number of nitrogens with zero attached hydrogens (tertiary/aromatic N) is 7. The van der Waals surface area contributed by atoms with Gasteiger partial charge in [0.2, 0.25) is 21.6 Å². The van der Waals surface area contributed by atoms with E-state index in [1.165, 1.54) is 32.7 Å². The van der Waals surface area contributed by atoms with E-state index in [1.807, 2.05) is 6.92 Å². The van der Waals surface area contributed by atoms with Gasteiger partial charge in [0.05, 0.1) is 44.4 Å². The highest BCUT2D eigenvalue weighted by atomic mass is 32.2. The van der Waals surface area contributed by atoms with Crippen LogP contribution in [0.25, 0.3) is 28.4 Å². The molecule has 0 spiro atoms. The van der Waals surface area contributed by atoms with Crippen LogP contribution in [0.4, 0.5) is 11.5 Å². The van der Waals surface area contributed by atoms with E-state index in [1.54, 1.807) is 41.0 Å². The van der Waals surface area contributed by atoms with Crippen molar-refractivity contribution in [2.45, 2.75) is 12.7 Å². The van der Waals surface area contributed by atoms with Gasteiger partial charge < -0.3 is 19.9 Å². The Balaban J connectivity index is 1.66. The highest BCUT2D eigenvalue weighted by Gasteiger charge is 2.24. The lowest BCUT2D eigenvalue weighted by molar-refractivity contribution is 0.327. The molecule has 0 amide bonds. The van der Waals surface area contributed by atoms with Crippen LogP contribution in [-0.4, -0.2) is 63.9 Å². The van der Waals surface area contributed by atoms with Crippen LogP contribution in [-0.2, 0) is 15.8 Å². The average Bonchev–Trinajstić information content (AvgIpc) is 3.32. The van der Waals surface area contributed by atoms with Crippen LogP contribution in [0.15, 0.2) is 54.9 Å². The van der Waals surface area contributed by atoms with Gasteiger partial charge in [0.1, 0.15) is 34.5 Å². The molecule has 0 aliphatic rings. The zero-order valence-electron chi connectivity index (χ0n) is 21.8. The molecule has 0 radical (unpaired) electrons. The summed E-state index contributed by atoms with van der Waals surface area (Å²) in [5.41, 5.74) is 7.54. The summed E-state index contributed by atoms with van der Waals surface area (Å²) in [6, 6.07) is 12.1. The third kappa shape index (κ3) is 5.40. The number of pyridine rings is 1. The first-order valence-corrected chi connectivity index (χ1v) is 13.6. The van der Waals surface area contributed by atoms with Crippen molar-refractivity contribution in [2.24, 2.45) is 0 Å². The van der Waals surface area contributed by atoms with Crippen molar-refractivity contribution in [2.75, 3.05) is 31.3 Å². The van der Waals surface area contributed by atoms with Gasteiger partial charge in [-0.15, -0.1) is 10.2 Å². The van der Waals surface area contributed by atoms with Gasteiger partial charge in [-0.1, -0.05) is 12.1 Å². The van der Waals surface area contributed by atoms with Crippen LogP contribution < -0.4 is 24.7 Å². The fourth-order valence-corrected chi connectivity index (χ4v) is 4.94. The topological polar surface area (TPSA) is 182 Å². The summed E-state index contributed by atoms with van der Waals surface area (Å²) < 4.78 is 46.8. The lowest BCUT2D eigenvalue weighted by Gasteiger charge is -2.17. The van der Waals surface area contributed by atoms with Crippen molar-refractivity contribution in [3.63, 3.8) is 0 Å². The highest BCUT2D eigenvalue weighted by Crippen LogP contribution is 2.38. The summed E-state index contributed by atoms with van der Waals surface area (Å²) >= 11 is 0. The third-order valence-electron chi connectivity index (χ3n) is 5.59. The molecule has 0 aliphatic carbocycles. The molecule has 4 aromatic heterocycles. The summed E-state index contributed by atoms with van der Waals surface area (Å²) in [7, 11) is -0.893. The Bertz CT molecular complexity index is 1750. The molecule has 0 saturated heterocycles. The summed E-state index contributed by atoms with van der Waals surface area (Å²) in [5.74, 6) is 1.27. The molecule has 5 aromatic rings. The number of nitrogens with one attached hydrogen (secondary N) is 1. The molecular weight excluding hydrogens is 538 g/mol. The number of rotatable bonds is 10. The van der Waals surface area contributed by atoms with Crippen LogP contribution >= 0.6 is 0 Å². The number of hydrogen-bond acceptors (Lipinski definition) is 12. The molecular formula is C25H25N9O5S. The van der Waals surface area contributed by atoms with Crippen molar-refractivity contribution in [3.05, 3.63) is 60.7 Å². The van der Waals surface area contributed by atoms with E-state index in [0.29, 0.717) is 52.4 Å². The normalized spacial score (nSPS) is 11.4. The summed E-state index contributed by atoms with van der Waals surface area (Å²) in [6.07, 6.45) is 2.66. The Labute approximate surface area is 229 Å². The minimum atomic E-state index is -3.96. The van der Waals surface area contributed by atoms with Gasteiger partial charge in [-0.2, -0.15) is 0 Å². The number of imidazole rings is 1. The van der Waals surface area contributed by atoms with Crippen molar-refractivity contribution in [1.29, 1.82) is 0 Å². The first-order valence-electron chi connectivity index (χ1n) is 12.0. The Morgan fingerprint density at radius 1 is 0.975 bits per heavy atom. The van der Waals surface area contributed by atoms with E-state index in [9.17, 15) is 8.42 Å². The molecule has 3 N–H and O–H groups in total. The second kappa shape index (κ2) is 11.0. The van der Waals surface area contributed by atoms with Crippen LogP contribution in [0.3, 0.4) is 0 Å². The third-order valence-corrected chi connectivity index (χ3v) is 6.75. The van der Waals surface area contributed by atoms with Crippen LogP contribution in [0.1, 0.15) is 12.7 Å². The molecule has 40 heavy (non-hydrogen) atoms. The largest absolute Gasteiger partial charge is 0.494 e. The van der Waals surface area contributed by atoms with E-state index in [-0.39, 0.29) is 17.3 Å². The number of aromatic nitrogens is 7. The fourth-order valence-electron chi connectivity index (χ4n) is 3.96. The van der Waals surface area contributed by atoms with E-state index in [0.717, 1.165) is 0 Å². The zero-order chi connectivity index (χ0) is 28.3. The number of anilines is 2. The predicted octanol–water partition coefficient (Wildman–Crippen LogP) is 2.61. The number of nitrogen functional groups attached to an aromatic ring is 1. The SMILES string of the molecule is CCOc1cccc(-c2nc3nnc(NS(=O)(=O)Cc4ncc(N)cn4)cc3n2-c2c(OC)cccc2OC)n1. The minimum Gasteiger partial charge on any atom is -0.494 e. The number of fused-ring (bicyclic) bond motifs is 1. The van der Waals surface area contributed by atoms with E-state index >= 15 is 0 Å². The average molecular weight is 564 g/mol. The predicted molar refractivity (Wildman–Crippen MR) is 147 cm³/mol. The summed E-state index contributed by atoms with van der Waals surface area (Å²) in [6.45, 7) is 2.30. The molecule has 14 nitrogen and oxygen atoms in total. The summed E-state index contributed by atoms with van der Waals surface area (Å²) in [5, 5.41) is 8.23. The van der Waals surface area contributed by atoms with Crippen molar-refractivity contribution in [3.8, 4) is 34.6 Å². The van der Waals surface area contributed by atoms with E-state index in [2.05, 4.69) is 34.9 Å². The second-order valence-corrected chi connectivity index (χ2v) is 10.0. The van der Waals surface area contributed by atoms with Gasteiger partial charge in [0.25, 0.3) is 0 Å². The first-order chi connectivity index (χ1) is 19.3. The first kappa shape index (κ1) is 26.6. The lowest BCUT2D eigenvalue weighted by atomic mass is 10.2. The molecule has 0 atom stereocenters. The molecule has 4 heterocycles. The Hall–Kier alpha value is -5.05. The smallest absolute Gasteiger partial charge is 0.241 e. The Kier molecular flexibility index (Phi) is 7.29. The molecule has 0 bridgehead atoms. The molecule has 5 rings (SSSR count). The molecule has 0 aliphatic heterocycles. The number of ether oxygens (including phenoxy) is 3. The van der Waals surface area contributed by atoms with Crippen LogP contribution in [0.2, 0.25) is 0 Å². The minimum absolute atomic E-state index is 0.0412. The second-order valence-electron chi connectivity index (χ2n) is 8.31. The number of hydrogen-bond donors (Lipinski definition) is 2. The van der Waals surface area contributed by atoms with Crippen molar-refractivity contribution in [1.82, 2.24) is 34.7 Å². The quantitative estimate of drug-likeness (QED) is 0.254. The number of sulfonamides is 1. The Morgan fingerprint density at radius 3 is 2.35 bits per heavy atom. The van der Waals surface area contributed by atoms with Gasteiger partial charge >= 0.3 is 0 Å². The highest BCUT2D eigenvalue weighted by molar-refractivity contribution is 7.91. The number of nitrogens with two attached hydrogens (primary N) is 1. The number of para-hydroxylation sites is 1. The Morgan fingerprint density at radius 2 is 1.68 bits per heavy atom. The maximum Gasteiger partial charge on any atom is 0.241 e. The molecule has 15 heteroatoms. The van der Waals surface area contributed by atoms with Gasteiger partial charge in [0.15, 0.2) is 11.6 Å². The maximum atomic E-state index is 12.9. The fraction of sp³-hybridized carbons (Fsp3) is 0.200. The number of methoxy groups -OCH3 is 2. The van der Waals surface area contributed by atoms with Crippen LogP contribution in [0, 0.1) is 0 Å². The van der Waals surface area contributed by atoms with Crippen molar-refractivity contribution >= 4 is 32.7 Å². The molecule has 0 unspecified atom stereocenters. The molecule has 1 aromatic carbocycles. The van der Waals surface area contributed by atoms with Crippen molar-refractivity contribution < 1.29 is 22.6 Å². The zero-order valence-corrected chi connectivity index (χ0v) is 22.6. The molecule has 206 valence electrons. The summed E-state index contributed by atoms with van der Waals surface area (Å²) in [4.78, 5) is 17.2. The lowest BCUT2D eigenvalue weighted by Crippen LogP contribution is -2.18. The molecule has 0 saturated carbocycles. The molecule has 0 fully saturated rings. The van der Waals surface area contributed by atoms with E-state index in [4.69, 9.17) is 19.9 Å². The van der Waals surface area contributed by atoms with Gasteiger partial charge in [-0.05, 0) is 25.1 Å². The monoisotopic (exact) mass is 563 g/mol. The maximum absolute atomic E-state index is 12.9. The van der Waals surface area contributed by atoms with Crippen LogP contribution in [0.5, 0.6) is 17.4 Å². The van der Waals surface area contributed by atoms with Gasteiger partial charge in [-0.25, -0.2) is 28.4 Å². The van der Waals surface area contributed by atoms with Gasteiger partial charge in [-0.3, -0.25) is 9.29 Å². The number of benzene rings is 1. The van der Waals surface area contributed by atoms with E-state index < -0.39 is 15.8 Å². The standard InChI is InChI=1S/C25H25N9O5S/c1-4-39-22-10-5-7-16(29-22)25-30-24-17(34(25)23-18(37-2)8-6-9-19(23)38-3)11-20(31-32-24)33-40(35,36)14-21-27-12-15(26)13-28-21/h5-13H,4,14,26H2,1-3H3,(H,31,33). The van der Waals surface area contributed by atoms with Gasteiger partial charge in [0, 0.05) is 12.1 Å².